The Balaban J connectivity index is 2.28. The molecule has 0 spiro atoms. The maximum absolute atomic E-state index is 10.4. The Bertz CT molecular complexity index is 409. The first kappa shape index (κ1) is 19.7. The van der Waals surface area contributed by atoms with Gasteiger partial charge in [-0.3, -0.25) is 4.79 Å². The fraction of sp³-hybridized carbons (Fsp3) is 0.650. The summed E-state index contributed by atoms with van der Waals surface area (Å²) in [5, 5.41) is 18.5. The van der Waals surface area contributed by atoms with Crippen LogP contribution in [0.5, 0.6) is 0 Å². The number of allylic oxidation sites excluding steroid dienone is 4. The Labute approximate surface area is 140 Å². The minimum atomic E-state index is -0.716. The molecule has 0 heterocycles. The molecule has 0 aliphatic heterocycles. The van der Waals surface area contributed by atoms with Crippen LogP contribution in [-0.2, 0) is 4.79 Å². The van der Waals surface area contributed by atoms with E-state index in [-0.39, 0.29) is 12.5 Å². The molecule has 0 saturated heterocycles. The van der Waals surface area contributed by atoms with Crippen LogP contribution in [0, 0.1) is 11.8 Å². The molecule has 3 unspecified atom stereocenters. The minimum Gasteiger partial charge on any atom is -0.481 e. The van der Waals surface area contributed by atoms with Gasteiger partial charge in [-0.15, -0.1) is 0 Å². The van der Waals surface area contributed by atoms with Crippen molar-refractivity contribution in [2.75, 3.05) is 0 Å². The van der Waals surface area contributed by atoms with Gasteiger partial charge in [-0.25, -0.2) is 0 Å². The Morgan fingerprint density at radius 1 is 1.22 bits per heavy atom. The molecule has 0 bridgehead atoms. The van der Waals surface area contributed by atoms with Crippen LogP contribution in [0.15, 0.2) is 36.5 Å². The van der Waals surface area contributed by atoms with E-state index in [4.69, 9.17) is 5.11 Å². The van der Waals surface area contributed by atoms with Crippen molar-refractivity contribution in [2.24, 2.45) is 11.8 Å². The number of hydrogen-bond acceptors (Lipinski definition) is 2. The molecular weight excluding hydrogens is 288 g/mol. The van der Waals surface area contributed by atoms with E-state index in [1.165, 1.54) is 19.3 Å². The Hall–Kier alpha value is -1.35. The van der Waals surface area contributed by atoms with Gasteiger partial charge in [-0.1, -0.05) is 49.8 Å². The first-order chi connectivity index (χ1) is 11.1. The molecule has 3 heteroatoms. The van der Waals surface area contributed by atoms with Crippen molar-refractivity contribution >= 4 is 5.97 Å². The number of rotatable bonds is 11. The topological polar surface area (TPSA) is 57.5 Å². The third-order valence-corrected chi connectivity index (χ3v) is 4.45. The van der Waals surface area contributed by atoms with Crippen molar-refractivity contribution < 1.29 is 15.0 Å². The summed E-state index contributed by atoms with van der Waals surface area (Å²) < 4.78 is 0. The van der Waals surface area contributed by atoms with E-state index in [1.54, 1.807) is 0 Å². The highest BCUT2D eigenvalue weighted by Crippen LogP contribution is 2.35. The first-order valence-electron chi connectivity index (χ1n) is 9.01. The molecule has 3 atom stereocenters. The molecule has 1 aliphatic rings. The summed E-state index contributed by atoms with van der Waals surface area (Å²) in [5.41, 5.74) is 0. The van der Waals surface area contributed by atoms with Gasteiger partial charge in [0.05, 0.1) is 6.10 Å². The number of aliphatic carboxylic acids is 1. The number of aliphatic hydroxyl groups excluding tert-OH is 1. The van der Waals surface area contributed by atoms with Crippen LogP contribution < -0.4 is 0 Å². The van der Waals surface area contributed by atoms with Crippen LogP contribution in [0.1, 0.15) is 64.7 Å². The standard InChI is InChI=1S/C20H32O3/c1-2-3-6-13-19(21)16-15-18-12-9-11-17(18)10-7-4-5-8-14-20(22)23/h3-4,6-7,15-19,21H,2,5,8-14H2,1H3,(H,22,23). The molecule has 23 heavy (non-hydrogen) atoms. The molecule has 0 aromatic carbocycles. The lowest BCUT2D eigenvalue weighted by atomic mass is 9.91. The molecular formula is C20H32O3. The van der Waals surface area contributed by atoms with Gasteiger partial charge in [0.1, 0.15) is 0 Å². The summed E-state index contributed by atoms with van der Waals surface area (Å²) in [7, 11) is 0. The van der Waals surface area contributed by atoms with Gasteiger partial charge in [0, 0.05) is 6.42 Å². The molecule has 0 aromatic rings. The van der Waals surface area contributed by atoms with E-state index in [1.807, 2.05) is 12.2 Å². The van der Waals surface area contributed by atoms with Crippen molar-refractivity contribution in [3.05, 3.63) is 36.5 Å². The number of unbranched alkanes of at least 4 members (excludes halogenated alkanes) is 1. The molecule has 2 N–H and O–H groups in total. The summed E-state index contributed by atoms with van der Waals surface area (Å²) in [6, 6.07) is 0. The Morgan fingerprint density at radius 2 is 2.04 bits per heavy atom. The maximum atomic E-state index is 10.4. The van der Waals surface area contributed by atoms with E-state index >= 15 is 0 Å². The largest absolute Gasteiger partial charge is 0.481 e. The third kappa shape index (κ3) is 9.39. The van der Waals surface area contributed by atoms with Crippen LogP contribution in [-0.4, -0.2) is 22.3 Å². The summed E-state index contributed by atoms with van der Waals surface area (Å²) >= 11 is 0. The normalized spacial score (nSPS) is 23.4. The van der Waals surface area contributed by atoms with Gasteiger partial charge in [-0.2, -0.15) is 0 Å². The molecule has 1 aliphatic carbocycles. The highest BCUT2D eigenvalue weighted by atomic mass is 16.4. The number of carboxylic acid groups (broad SMARTS) is 1. The summed E-state index contributed by atoms with van der Waals surface area (Å²) in [5.74, 6) is 0.524. The van der Waals surface area contributed by atoms with Crippen LogP contribution >= 0.6 is 0 Å². The van der Waals surface area contributed by atoms with Crippen molar-refractivity contribution in [3.8, 4) is 0 Å². The molecule has 3 nitrogen and oxygen atoms in total. The average Bonchev–Trinajstić information content (AvgIpc) is 2.96. The van der Waals surface area contributed by atoms with Gasteiger partial charge >= 0.3 is 5.97 Å². The minimum absolute atomic E-state index is 0.253. The van der Waals surface area contributed by atoms with Crippen LogP contribution in [0.25, 0.3) is 0 Å². The van der Waals surface area contributed by atoms with Gasteiger partial charge in [0.2, 0.25) is 0 Å². The second-order valence-corrected chi connectivity index (χ2v) is 6.42. The zero-order chi connectivity index (χ0) is 16.9. The van der Waals surface area contributed by atoms with Gasteiger partial charge in [-0.05, 0) is 56.8 Å². The molecule has 1 rings (SSSR count). The predicted octanol–water partition coefficient (Wildman–Crippen LogP) is 4.88. The van der Waals surface area contributed by atoms with E-state index in [9.17, 15) is 9.90 Å². The average molecular weight is 320 g/mol. The zero-order valence-corrected chi connectivity index (χ0v) is 14.4. The van der Waals surface area contributed by atoms with Crippen LogP contribution in [0.3, 0.4) is 0 Å². The van der Waals surface area contributed by atoms with Gasteiger partial charge in [0.25, 0.3) is 0 Å². The van der Waals surface area contributed by atoms with Gasteiger partial charge in [0.15, 0.2) is 0 Å². The highest BCUT2D eigenvalue weighted by Gasteiger charge is 2.23. The lowest BCUT2D eigenvalue weighted by Crippen LogP contribution is -2.06. The number of hydrogen-bond donors (Lipinski definition) is 2. The lowest BCUT2D eigenvalue weighted by Gasteiger charge is -2.14. The molecule has 0 amide bonds. The SMILES string of the molecule is CCC=CCC(O)C=CC1CCCC1CC=CCCCC(=O)O. The molecule has 130 valence electrons. The number of carboxylic acids is 1. The fourth-order valence-electron chi connectivity index (χ4n) is 3.12. The number of aliphatic hydroxyl groups is 1. The monoisotopic (exact) mass is 320 g/mol. The predicted molar refractivity (Wildman–Crippen MR) is 95.3 cm³/mol. The second kappa shape index (κ2) is 12.1. The van der Waals surface area contributed by atoms with Crippen LogP contribution in [0.4, 0.5) is 0 Å². The molecule has 0 radical (unpaired) electrons. The fourth-order valence-corrected chi connectivity index (χ4v) is 3.12. The molecule has 0 aromatic heterocycles. The lowest BCUT2D eigenvalue weighted by molar-refractivity contribution is -0.137. The maximum Gasteiger partial charge on any atom is 0.303 e. The summed E-state index contributed by atoms with van der Waals surface area (Å²) in [6.07, 6.45) is 20.6. The quantitative estimate of drug-likeness (QED) is 0.421. The molecule has 1 saturated carbocycles. The summed E-state index contributed by atoms with van der Waals surface area (Å²) in [4.78, 5) is 10.4. The smallest absolute Gasteiger partial charge is 0.303 e. The number of carbonyl (C=O) groups is 1. The zero-order valence-electron chi connectivity index (χ0n) is 14.4. The Kier molecular flexibility index (Phi) is 10.4. The van der Waals surface area contributed by atoms with E-state index in [0.29, 0.717) is 18.3 Å². The van der Waals surface area contributed by atoms with Crippen molar-refractivity contribution in [1.29, 1.82) is 0 Å². The second-order valence-electron chi connectivity index (χ2n) is 6.42. The van der Waals surface area contributed by atoms with E-state index in [0.717, 1.165) is 25.7 Å². The highest BCUT2D eigenvalue weighted by molar-refractivity contribution is 5.66. The van der Waals surface area contributed by atoms with E-state index < -0.39 is 5.97 Å². The van der Waals surface area contributed by atoms with Crippen LogP contribution in [0.2, 0.25) is 0 Å². The summed E-state index contributed by atoms with van der Waals surface area (Å²) in [6.45, 7) is 2.09. The van der Waals surface area contributed by atoms with Crippen molar-refractivity contribution in [2.45, 2.75) is 70.8 Å². The van der Waals surface area contributed by atoms with Crippen molar-refractivity contribution in [3.63, 3.8) is 0 Å². The van der Waals surface area contributed by atoms with Crippen molar-refractivity contribution in [1.82, 2.24) is 0 Å². The third-order valence-electron chi connectivity index (χ3n) is 4.45. The van der Waals surface area contributed by atoms with E-state index in [2.05, 4.69) is 31.2 Å². The van der Waals surface area contributed by atoms with Gasteiger partial charge < -0.3 is 10.2 Å². The Morgan fingerprint density at radius 3 is 2.78 bits per heavy atom. The first-order valence-corrected chi connectivity index (χ1v) is 9.01. The molecule has 1 fully saturated rings.